The average Bonchev–Trinajstić information content (AvgIpc) is 1.89. The molecule has 0 N–H and O–H groups in total. The molecule has 10 heavy (non-hydrogen) atoms. The van der Waals surface area contributed by atoms with Gasteiger partial charge in [-0.05, 0) is 13.8 Å². The first-order chi connectivity index (χ1) is 4.54. The van der Waals surface area contributed by atoms with Gasteiger partial charge in [-0.3, -0.25) is 0 Å². The Morgan fingerprint density at radius 1 is 1.50 bits per heavy atom. The number of hydrogen-bond donors (Lipinski definition) is 0. The van der Waals surface area contributed by atoms with E-state index in [1.54, 1.807) is 13.0 Å². The van der Waals surface area contributed by atoms with Crippen LogP contribution in [0.3, 0.4) is 0 Å². The van der Waals surface area contributed by atoms with Crippen molar-refractivity contribution in [3.63, 3.8) is 0 Å². The molecule has 0 spiro atoms. The fourth-order valence-electron chi connectivity index (χ4n) is 0. The van der Waals surface area contributed by atoms with Gasteiger partial charge >= 0.3 is 0 Å². The molecule has 0 saturated carbocycles. The normalized spacial score (nSPS) is 11.0. The number of halogens is 4. The van der Waals surface area contributed by atoms with Crippen LogP contribution in [0.15, 0.2) is 10.6 Å². The molecule has 0 aromatic carbocycles. The Kier molecular flexibility index (Phi) is 13.4. The van der Waals surface area contributed by atoms with Gasteiger partial charge in [0.1, 0.15) is 4.49 Å². The van der Waals surface area contributed by atoms with Crippen molar-refractivity contribution < 1.29 is 0 Å². The van der Waals surface area contributed by atoms with Crippen molar-refractivity contribution in [3.05, 3.63) is 10.6 Å². The van der Waals surface area contributed by atoms with Gasteiger partial charge in [0, 0.05) is 11.3 Å². The Bertz CT molecular complexity index is 83.7. The van der Waals surface area contributed by atoms with Crippen LogP contribution in [0.25, 0.3) is 0 Å². The van der Waals surface area contributed by atoms with E-state index in [0.717, 1.165) is 0 Å². The van der Waals surface area contributed by atoms with Crippen LogP contribution in [0, 0.1) is 0 Å². The Morgan fingerprint density at radius 3 is 1.70 bits per heavy atom. The van der Waals surface area contributed by atoms with Crippen molar-refractivity contribution in [1.29, 1.82) is 0 Å². The van der Waals surface area contributed by atoms with Gasteiger partial charge in [-0.1, -0.05) is 29.3 Å². The second-order valence-electron chi connectivity index (χ2n) is 1.51. The Hall–Kier alpha value is 0.900. The molecule has 1 atom stereocenters. The van der Waals surface area contributed by atoms with Gasteiger partial charge in [0.05, 0.1) is 0 Å². The van der Waals surface area contributed by atoms with Gasteiger partial charge in [-0.15, -0.1) is 23.2 Å². The fourth-order valence-corrected chi connectivity index (χ4v) is 0. The minimum atomic E-state index is 0.122. The van der Waals surface area contributed by atoms with E-state index in [0.29, 0.717) is 10.4 Å². The summed E-state index contributed by atoms with van der Waals surface area (Å²) in [4.78, 5) is 0. The summed E-state index contributed by atoms with van der Waals surface area (Å²) in [5, 5.41) is 0.122. The van der Waals surface area contributed by atoms with Gasteiger partial charge in [-0.25, -0.2) is 0 Å². The van der Waals surface area contributed by atoms with Crippen LogP contribution in [0.1, 0.15) is 13.8 Å². The maximum atomic E-state index is 5.33. The molecule has 0 aromatic rings. The van der Waals surface area contributed by atoms with E-state index < -0.39 is 0 Å². The number of rotatable bonds is 1. The summed E-state index contributed by atoms with van der Waals surface area (Å²) < 4.78 is 0.324. The average molecular weight is 224 g/mol. The fraction of sp³-hybridized carbons (Fsp3) is 0.667. The van der Waals surface area contributed by atoms with Gasteiger partial charge < -0.3 is 0 Å². The van der Waals surface area contributed by atoms with Crippen molar-refractivity contribution >= 4 is 46.4 Å². The van der Waals surface area contributed by atoms with E-state index in [-0.39, 0.29) is 5.38 Å². The summed E-state index contributed by atoms with van der Waals surface area (Å²) in [6.45, 7) is 3.63. The summed E-state index contributed by atoms with van der Waals surface area (Å²) >= 11 is 20.7. The van der Waals surface area contributed by atoms with Gasteiger partial charge in [-0.2, -0.15) is 0 Å². The highest BCUT2D eigenvalue weighted by Crippen LogP contribution is 2.03. The molecule has 4 heteroatoms. The molecule has 0 aliphatic heterocycles. The minimum Gasteiger partial charge on any atom is -0.125 e. The second-order valence-corrected chi connectivity index (χ2v) is 3.57. The summed E-state index contributed by atoms with van der Waals surface area (Å²) in [5.41, 5.74) is 0. The highest BCUT2D eigenvalue weighted by Gasteiger charge is 1.85. The van der Waals surface area contributed by atoms with E-state index in [1.807, 2.05) is 6.92 Å². The van der Waals surface area contributed by atoms with Crippen molar-refractivity contribution in [2.45, 2.75) is 19.2 Å². The van der Waals surface area contributed by atoms with E-state index >= 15 is 0 Å². The van der Waals surface area contributed by atoms with E-state index in [1.165, 1.54) is 0 Å². The molecule has 0 aliphatic carbocycles. The summed E-state index contributed by atoms with van der Waals surface area (Å²) in [6.07, 6.45) is 1.61. The maximum Gasteiger partial charge on any atom is 0.102 e. The molecule has 62 valence electrons. The lowest BCUT2D eigenvalue weighted by atomic mass is 10.6. The minimum absolute atomic E-state index is 0.122. The summed E-state index contributed by atoms with van der Waals surface area (Å²) in [6, 6.07) is 0. The quantitative estimate of drug-likeness (QED) is 0.586. The van der Waals surface area contributed by atoms with Crippen LogP contribution in [0.4, 0.5) is 0 Å². The molecular formula is C6H10Cl4. The standard InChI is InChI=1S/C3H6Cl2.C3H4Cl2/c1-3(5)2-4;1-2-3(4)5/h3H,2H2,1H3;2H,1H3. The van der Waals surface area contributed by atoms with Crippen molar-refractivity contribution in [1.82, 2.24) is 0 Å². The zero-order valence-electron chi connectivity index (χ0n) is 5.87. The van der Waals surface area contributed by atoms with E-state index in [9.17, 15) is 0 Å². The lowest BCUT2D eigenvalue weighted by Gasteiger charge is -1.85. The van der Waals surface area contributed by atoms with Gasteiger partial charge in [0.2, 0.25) is 0 Å². The topological polar surface area (TPSA) is 0 Å². The first-order valence-corrected chi connectivity index (χ1v) is 4.44. The highest BCUT2D eigenvalue weighted by molar-refractivity contribution is 6.55. The van der Waals surface area contributed by atoms with Crippen LogP contribution < -0.4 is 0 Å². The van der Waals surface area contributed by atoms with Crippen molar-refractivity contribution in [3.8, 4) is 0 Å². The molecule has 0 aromatic heterocycles. The van der Waals surface area contributed by atoms with E-state index in [4.69, 9.17) is 46.4 Å². The van der Waals surface area contributed by atoms with Crippen LogP contribution in [0.2, 0.25) is 0 Å². The summed E-state index contributed by atoms with van der Waals surface area (Å²) in [5.74, 6) is 0.543. The zero-order valence-corrected chi connectivity index (χ0v) is 8.90. The maximum absolute atomic E-state index is 5.33. The highest BCUT2D eigenvalue weighted by atomic mass is 35.5. The molecule has 0 bridgehead atoms. The second kappa shape index (κ2) is 9.90. The Labute approximate surface area is 82.1 Å². The first-order valence-electron chi connectivity index (χ1n) is 2.72. The first kappa shape index (κ1) is 13.5. The monoisotopic (exact) mass is 222 g/mol. The van der Waals surface area contributed by atoms with E-state index in [2.05, 4.69) is 0 Å². The third-order valence-electron chi connectivity index (χ3n) is 0.431. The number of hydrogen-bond acceptors (Lipinski definition) is 0. The molecule has 1 unspecified atom stereocenters. The van der Waals surface area contributed by atoms with Crippen LogP contribution in [-0.4, -0.2) is 11.3 Å². The molecule has 0 nitrogen and oxygen atoms in total. The van der Waals surface area contributed by atoms with Crippen molar-refractivity contribution in [2.24, 2.45) is 0 Å². The Morgan fingerprint density at radius 2 is 1.70 bits per heavy atom. The molecule has 0 amide bonds. The summed E-state index contributed by atoms with van der Waals surface area (Å²) in [7, 11) is 0. The molecular weight excluding hydrogens is 214 g/mol. The lowest BCUT2D eigenvalue weighted by Crippen LogP contribution is -1.87. The van der Waals surface area contributed by atoms with Gasteiger partial charge in [0.25, 0.3) is 0 Å². The number of allylic oxidation sites excluding steroid dienone is 1. The van der Waals surface area contributed by atoms with Gasteiger partial charge in [0.15, 0.2) is 0 Å². The molecule has 0 aliphatic rings. The van der Waals surface area contributed by atoms with Crippen molar-refractivity contribution in [2.75, 3.05) is 5.88 Å². The molecule has 0 fully saturated rings. The van der Waals surface area contributed by atoms with Crippen LogP contribution >= 0.6 is 46.4 Å². The predicted octanol–water partition coefficient (Wildman–Crippen LogP) is 4.18. The molecule has 0 rings (SSSR count). The third kappa shape index (κ3) is 23.1. The largest absolute Gasteiger partial charge is 0.125 e. The smallest absolute Gasteiger partial charge is 0.102 e. The zero-order chi connectivity index (χ0) is 8.57. The van der Waals surface area contributed by atoms with Crippen LogP contribution in [-0.2, 0) is 0 Å². The lowest BCUT2D eigenvalue weighted by molar-refractivity contribution is 1.11. The molecule has 0 heterocycles. The number of alkyl halides is 2. The van der Waals surface area contributed by atoms with Crippen LogP contribution in [0.5, 0.6) is 0 Å². The SMILES string of the molecule is CC(Cl)CCl.CC=C(Cl)Cl. The Balaban J connectivity index is 0. The predicted molar refractivity (Wildman–Crippen MR) is 51.5 cm³/mol. The third-order valence-corrected chi connectivity index (χ3v) is 1.64. The molecule has 0 radical (unpaired) electrons. The molecule has 0 saturated heterocycles.